The molecule has 1 aliphatic heterocycles. The largest absolute Gasteiger partial charge is 0.468 e. The topological polar surface area (TPSA) is 46.6 Å². The fourth-order valence-corrected chi connectivity index (χ4v) is 2.35. The van der Waals surface area contributed by atoms with Gasteiger partial charge in [-0.2, -0.15) is 0 Å². The van der Waals surface area contributed by atoms with Crippen LogP contribution in [0.15, 0.2) is 22.7 Å². The molecule has 1 aromatic rings. The van der Waals surface area contributed by atoms with E-state index in [1.807, 2.05) is 19.1 Å². The van der Waals surface area contributed by atoms with Crippen molar-refractivity contribution < 1.29 is 14.3 Å². The predicted octanol–water partition coefficient (Wildman–Crippen LogP) is 2.14. The lowest BCUT2D eigenvalue weighted by Gasteiger charge is -2.20. The van der Waals surface area contributed by atoms with Gasteiger partial charge in [0.25, 0.3) is 5.91 Å². The molecule has 0 N–H and O–H groups in total. The summed E-state index contributed by atoms with van der Waals surface area (Å²) in [7, 11) is 1.32. The maximum Gasteiger partial charge on any atom is 0.325 e. The summed E-state index contributed by atoms with van der Waals surface area (Å²) in [6, 6.07) is 5.49. The minimum absolute atomic E-state index is 0.0111. The number of benzene rings is 1. The van der Waals surface area contributed by atoms with Crippen LogP contribution < -0.4 is 0 Å². The van der Waals surface area contributed by atoms with Crippen LogP contribution in [-0.2, 0) is 9.53 Å². The molecule has 17 heavy (non-hydrogen) atoms. The minimum Gasteiger partial charge on any atom is -0.468 e. The van der Waals surface area contributed by atoms with Gasteiger partial charge in [-0.3, -0.25) is 9.59 Å². The summed E-state index contributed by atoms with van der Waals surface area (Å²) < 4.78 is 5.45. The maximum absolute atomic E-state index is 12.1. The van der Waals surface area contributed by atoms with Gasteiger partial charge in [0.15, 0.2) is 0 Å². The first-order valence-electron chi connectivity index (χ1n) is 5.22. The Morgan fingerprint density at radius 2 is 2.24 bits per heavy atom. The van der Waals surface area contributed by atoms with Crippen LogP contribution in [0.4, 0.5) is 0 Å². The van der Waals surface area contributed by atoms with Crippen molar-refractivity contribution in [1.29, 1.82) is 0 Å². The van der Waals surface area contributed by atoms with E-state index in [0.29, 0.717) is 5.56 Å². The van der Waals surface area contributed by atoms with Gasteiger partial charge in [0.1, 0.15) is 6.54 Å². The van der Waals surface area contributed by atoms with Gasteiger partial charge >= 0.3 is 5.97 Å². The van der Waals surface area contributed by atoms with E-state index in [0.717, 1.165) is 10.0 Å². The fraction of sp³-hybridized carbons (Fsp3) is 0.333. The Hall–Kier alpha value is -1.36. The molecule has 1 aromatic carbocycles. The fourth-order valence-electron chi connectivity index (χ4n) is 1.99. The minimum atomic E-state index is -0.405. The van der Waals surface area contributed by atoms with Gasteiger partial charge in [-0.05, 0) is 24.6 Å². The standard InChI is InChI=1S/C12H12BrNO3/c1-7-9-4-3-8(13)5-10(9)12(16)14(7)6-11(15)17-2/h3-5,7H,6H2,1-2H3. The zero-order valence-electron chi connectivity index (χ0n) is 9.57. The molecule has 4 nitrogen and oxygen atoms in total. The third kappa shape index (κ3) is 2.07. The second kappa shape index (κ2) is 4.49. The second-order valence-corrected chi connectivity index (χ2v) is 4.83. The summed E-state index contributed by atoms with van der Waals surface area (Å²) in [5.41, 5.74) is 1.60. The van der Waals surface area contributed by atoms with Gasteiger partial charge in [0.2, 0.25) is 0 Å². The third-order valence-electron chi connectivity index (χ3n) is 2.95. The molecule has 0 aromatic heterocycles. The highest BCUT2D eigenvalue weighted by molar-refractivity contribution is 9.10. The van der Waals surface area contributed by atoms with E-state index in [1.54, 1.807) is 6.07 Å². The number of esters is 1. The van der Waals surface area contributed by atoms with E-state index in [9.17, 15) is 9.59 Å². The molecule has 90 valence electrons. The Morgan fingerprint density at radius 1 is 1.53 bits per heavy atom. The maximum atomic E-state index is 12.1. The Morgan fingerprint density at radius 3 is 2.88 bits per heavy atom. The Labute approximate surface area is 108 Å². The molecule has 1 aliphatic rings. The Bertz CT molecular complexity index is 487. The molecule has 0 radical (unpaired) electrons. The Balaban J connectivity index is 2.32. The molecule has 0 spiro atoms. The number of halogens is 1. The van der Waals surface area contributed by atoms with Crippen molar-refractivity contribution in [3.8, 4) is 0 Å². The number of carbonyl (C=O) groups excluding carboxylic acids is 2. The first-order chi connectivity index (χ1) is 8.04. The quantitative estimate of drug-likeness (QED) is 0.786. The third-order valence-corrected chi connectivity index (χ3v) is 3.44. The van der Waals surface area contributed by atoms with Crippen molar-refractivity contribution in [2.75, 3.05) is 13.7 Å². The van der Waals surface area contributed by atoms with Crippen LogP contribution in [0.1, 0.15) is 28.9 Å². The summed E-state index contributed by atoms with van der Waals surface area (Å²) >= 11 is 3.33. The molecule has 0 aliphatic carbocycles. The average Bonchev–Trinajstić information content (AvgIpc) is 2.54. The molecule has 0 saturated carbocycles. The zero-order chi connectivity index (χ0) is 12.6. The number of methoxy groups -OCH3 is 1. The normalized spacial score (nSPS) is 18.2. The van der Waals surface area contributed by atoms with Crippen LogP contribution in [0.25, 0.3) is 0 Å². The summed E-state index contributed by atoms with van der Waals surface area (Å²) in [5, 5.41) is 0. The van der Waals surface area contributed by atoms with Crippen LogP contribution in [0.5, 0.6) is 0 Å². The van der Waals surface area contributed by atoms with Crippen LogP contribution in [0, 0.1) is 0 Å². The van der Waals surface area contributed by atoms with E-state index < -0.39 is 5.97 Å². The smallest absolute Gasteiger partial charge is 0.325 e. The molecule has 0 fully saturated rings. The van der Waals surface area contributed by atoms with E-state index in [2.05, 4.69) is 20.7 Å². The average molecular weight is 298 g/mol. The van der Waals surface area contributed by atoms with Crippen LogP contribution in [0.3, 0.4) is 0 Å². The lowest BCUT2D eigenvalue weighted by molar-refractivity contribution is -0.141. The summed E-state index contributed by atoms with van der Waals surface area (Å²) in [6.45, 7) is 1.89. The first-order valence-corrected chi connectivity index (χ1v) is 6.01. The molecule has 1 amide bonds. The van der Waals surface area contributed by atoms with Crippen LogP contribution >= 0.6 is 15.9 Å². The van der Waals surface area contributed by atoms with E-state index in [1.165, 1.54) is 12.0 Å². The molecule has 5 heteroatoms. The highest BCUT2D eigenvalue weighted by Gasteiger charge is 2.35. The molecule has 1 unspecified atom stereocenters. The number of hydrogen-bond acceptors (Lipinski definition) is 3. The molecule has 1 atom stereocenters. The summed E-state index contributed by atoms with van der Waals surface area (Å²) in [4.78, 5) is 24.9. The van der Waals surface area contributed by atoms with Gasteiger partial charge < -0.3 is 9.64 Å². The van der Waals surface area contributed by atoms with Gasteiger partial charge in [0, 0.05) is 10.0 Å². The van der Waals surface area contributed by atoms with Crippen LogP contribution in [-0.4, -0.2) is 30.4 Å². The van der Waals surface area contributed by atoms with Crippen LogP contribution in [0.2, 0.25) is 0 Å². The number of amides is 1. The van der Waals surface area contributed by atoms with Crippen molar-refractivity contribution in [2.24, 2.45) is 0 Å². The van der Waals surface area contributed by atoms with E-state index in [-0.39, 0.29) is 18.5 Å². The molecule has 0 bridgehead atoms. The monoisotopic (exact) mass is 297 g/mol. The first kappa shape index (κ1) is 12.1. The number of hydrogen-bond donors (Lipinski definition) is 0. The van der Waals surface area contributed by atoms with E-state index in [4.69, 9.17) is 0 Å². The Kier molecular flexibility index (Phi) is 3.19. The van der Waals surface area contributed by atoms with Crippen molar-refractivity contribution >= 4 is 27.8 Å². The lowest BCUT2D eigenvalue weighted by atomic mass is 10.1. The van der Waals surface area contributed by atoms with Crippen molar-refractivity contribution in [3.63, 3.8) is 0 Å². The van der Waals surface area contributed by atoms with Gasteiger partial charge in [0.05, 0.1) is 13.2 Å². The van der Waals surface area contributed by atoms with Crippen molar-refractivity contribution in [1.82, 2.24) is 4.90 Å². The molecular formula is C12H12BrNO3. The molecular weight excluding hydrogens is 286 g/mol. The SMILES string of the molecule is COC(=O)CN1C(=O)c2cc(Br)ccc2C1C. The van der Waals surface area contributed by atoms with Gasteiger partial charge in [-0.25, -0.2) is 0 Å². The van der Waals surface area contributed by atoms with Crippen molar-refractivity contribution in [2.45, 2.75) is 13.0 Å². The van der Waals surface area contributed by atoms with Crippen molar-refractivity contribution in [3.05, 3.63) is 33.8 Å². The summed E-state index contributed by atoms with van der Waals surface area (Å²) in [5.74, 6) is -0.531. The molecule has 0 saturated heterocycles. The summed E-state index contributed by atoms with van der Waals surface area (Å²) in [6.07, 6.45) is 0. The predicted molar refractivity (Wildman–Crippen MR) is 65.6 cm³/mol. The number of ether oxygens (including phenoxy) is 1. The number of carbonyl (C=O) groups is 2. The lowest BCUT2D eigenvalue weighted by Crippen LogP contribution is -2.32. The van der Waals surface area contributed by atoms with E-state index >= 15 is 0 Å². The molecule has 1 heterocycles. The zero-order valence-corrected chi connectivity index (χ0v) is 11.2. The number of nitrogens with zero attached hydrogens (tertiary/aromatic N) is 1. The highest BCUT2D eigenvalue weighted by atomic mass is 79.9. The second-order valence-electron chi connectivity index (χ2n) is 3.92. The van der Waals surface area contributed by atoms with Gasteiger partial charge in [-0.15, -0.1) is 0 Å². The number of rotatable bonds is 2. The highest BCUT2D eigenvalue weighted by Crippen LogP contribution is 2.34. The van der Waals surface area contributed by atoms with Gasteiger partial charge in [-0.1, -0.05) is 22.0 Å². The molecule has 2 rings (SSSR count). The number of fused-ring (bicyclic) bond motifs is 1.